The van der Waals surface area contributed by atoms with Crippen molar-refractivity contribution in [3.8, 4) is 5.75 Å². The highest BCUT2D eigenvalue weighted by Gasteiger charge is 2.49. The number of dihydropyridines is 1. The van der Waals surface area contributed by atoms with Crippen LogP contribution in [0, 0.1) is 5.92 Å². The van der Waals surface area contributed by atoms with Gasteiger partial charge in [-0.2, -0.15) is 0 Å². The summed E-state index contributed by atoms with van der Waals surface area (Å²) >= 11 is 6.14. The number of ketones is 1. The number of allylic oxidation sites excluding steroid dienone is 3. The third kappa shape index (κ3) is 5.14. The van der Waals surface area contributed by atoms with Crippen LogP contribution in [0.15, 0.2) is 71.1 Å². The van der Waals surface area contributed by atoms with E-state index in [4.69, 9.17) is 25.8 Å². The standard InChI is InChI=1S/C29H30ClNO6/c1-5-36-28(33)23-16(3)31-22-15-21(17-9-13-20(35-4)14-10-17)25(29(34)37-6-2)27(32)26(22)24(23)18-7-11-19(30)12-8-18/h7-14,21,24-25,31H,5-6,15H2,1-4H3. The number of methoxy groups -OCH3 is 1. The zero-order chi connectivity index (χ0) is 26.7. The molecule has 1 aliphatic heterocycles. The molecule has 8 heteroatoms. The van der Waals surface area contributed by atoms with Crippen molar-refractivity contribution in [1.29, 1.82) is 0 Å². The van der Waals surface area contributed by atoms with E-state index in [-0.39, 0.29) is 19.0 Å². The van der Waals surface area contributed by atoms with Crippen molar-refractivity contribution in [1.82, 2.24) is 5.32 Å². The Labute approximate surface area is 221 Å². The molecule has 7 nitrogen and oxygen atoms in total. The average molecular weight is 524 g/mol. The molecule has 0 amide bonds. The number of Topliss-reactive ketones (excluding diaryl/α,β-unsaturated/α-hetero) is 1. The number of hydrogen-bond acceptors (Lipinski definition) is 7. The van der Waals surface area contributed by atoms with E-state index in [2.05, 4.69) is 5.32 Å². The van der Waals surface area contributed by atoms with Gasteiger partial charge in [-0.25, -0.2) is 4.79 Å². The molecule has 0 saturated heterocycles. The molecule has 3 atom stereocenters. The van der Waals surface area contributed by atoms with Crippen LogP contribution in [0.4, 0.5) is 0 Å². The molecule has 2 aromatic carbocycles. The molecule has 0 aromatic heterocycles. The minimum absolute atomic E-state index is 0.149. The Balaban J connectivity index is 1.87. The quantitative estimate of drug-likeness (QED) is 0.400. The van der Waals surface area contributed by atoms with Gasteiger partial charge in [0, 0.05) is 33.8 Å². The van der Waals surface area contributed by atoms with Gasteiger partial charge in [0.2, 0.25) is 0 Å². The van der Waals surface area contributed by atoms with Crippen molar-refractivity contribution in [2.75, 3.05) is 20.3 Å². The van der Waals surface area contributed by atoms with E-state index in [1.54, 1.807) is 64.3 Å². The summed E-state index contributed by atoms with van der Waals surface area (Å²) in [6.07, 6.45) is 0.383. The number of benzene rings is 2. The molecule has 1 N–H and O–H groups in total. The Kier molecular flexibility index (Phi) is 8.03. The number of nitrogens with one attached hydrogen (secondary N) is 1. The van der Waals surface area contributed by atoms with Gasteiger partial charge in [0.1, 0.15) is 11.7 Å². The second kappa shape index (κ2) is 11.2. The lowest BCUT2D eigenvalue weighted by molar-refractivity contribution is -0.152. The van der Waals surface area contributed by atoms with Crippen LogP contribution in [-0.2, 0) is 23.9 Å². The average Bonchev–Trinajstić information content (AvgIpc) is 2.88. The highest BCUT2D eigenvalue weighted by Crippen LogP contribution is 2.48. The zero-order valence-electron chi connectivity index (χ0n) is 21.3. The Morgan fingerprint density at radius 3 is 2.19 bits per heavy atom. The van der Waals surface area contributed by atoms with Crippen molar-refractivity contribution in [3.63, 3.8) is 0 Å². The molecular weight excluding hydrogens is 494 g/mol. The van der Waals surface area contributed by atoms with Crippen molar-refractivity contribution >= 4 is 29.3 Å². The van der Waals surface area contributed by atoms with Gasteiger partial charge in [0.15, 0.2) is 5.78 Å². The number of carbonyl (C=O) groups is 3. The maximum Gasteiger partial charge on any atom is 0.336 e. The Morgan fingerprint density at radius 1 is 0.973 bits per heavy atom. The first-order valence-corrected chi connectivity index (χ1v) is 12.7. The lowest BCUT2D eigenvalue weighted by Gasteiger charge is -2.39. The first-order valence-electron chi connectivity index (χ1n) is 12.3. The number of hydrogen-bond donors (Lipinski definition) is 1. The highest BCUT2D eigenvalue weighted by atomic mass is 35.5. The maximum absolute atomic E-state index is 14.2. The molecule has 2 aromatic rings. The molecule has 0 spiro atoms. The lowest BCUT2D eigenvalue weighted by Crippen LogP contribution is -2.43. The normalized spacial score (nSPS) is 21.2. The second-order valence-corrected chi connectivity index (χ2v) is 9.38. The van der Waals surface area contributed by atoms with Crippen LogP contribution in [0.1, 0.15) is 50.2 Å². The Bertz CT molecular complexity index is 1260. The number of ether oxygens (including phenoxy) is 3. The van der Waals surface area contributed by atoms with Crippen LogP contribution in [0.25, 0.3) is 0 Å². The molecule has 0 fully saturated rings. The third-order valence-corrected chi connectivity index (χ3v) is 7.05. The minimum atomic E-state index is -1.06. The van der Waals surface area contributed by atoms with Crippen molar-refractivity contribution < 1.29 is 28.6 Å². The highest BCUT2D eigenvalue weighted by molar-refractivity contribution is 6.30. The first kappa shape index (κ1) is 26.5. The fraction of sp³-hybridized carbons (Fsp3) is 0.345. The predicted octanol–water partition coefficient (Wildman–Crippen LogP) is 5.06. The fourth-order valence-corrected chi connectivity index (χ4v) is 5.30. The van der Waals surface area contributed by atoms with E-state index in [1.165, 1.54) is 0 Å². The van der Waals surface area contributed by atoms with E-state index in [0.717, 1.165) is 5.56 Å². The molecule has 4 rings (SSSR count). The largest absolute Gasteiger partial charge is 0.497 e. The monoisotopic (exact) mass is 523 g/mol. The van der Waals surface area contributed by atoms with Crippen molar-refractivity contribution in [3.05, 3.63) is 87.2 Å². The van der Waals surface area contributed by atoms with E-state index >= 15 is 0 Å². The van der Waals surface area contributed by atoms with Crippen LogP contribution >= 0.6 is 11.6 Å². The summed E-state index contributed by atoms with van der Waals surface area (Å²) < 4.78 is 16.0. The lowest BCUT2D eigenvalue weighted by atomic mass is 9.67. The fourth-order valence-electron chi connectivity index (χ4n) is 5.17. The molecule has 2 aliphatic rings. The molecule has 194 valence electrons. The summed E-state index contributed by atoms with van der Waals surface area (Å²) in [6, 6.07) is 14.3. The van der Waals surface area contributed by atoms with Crippen LogP contribution in [0.3, 0.4) is 0 Å². The third-order valence-electron chi connectivity index (χ3n) is 6.80. The van der Waals surface area contributed by atoms with Gasteiger partial charge in [-0.15, -0.1) is 0 Å². The summed E-state index contributed by atoms with van der Waals surface area (Å²) in [7, 11) is 1.58. The second-order valence-electron chi connectivity index (χ2n) is 8.94. The number of rotatable bonds is 7. The van der Waals surface area contributed by atoms with Crippen LogP contribution in [0.2, 0.25) is 5.02 Å². The number of esters is 2. The smallest absolute Gasteiger partial charge is 0.336 e. The molecule has 3 unspecified atom stereocenters. The SMILES string of the molecule is CCOC(=O)C1=C(C)NC2=C(C(=O)C(C(=O)OCC)C(c3ccc(OC)cc3)C2)C1c1ccc(Cl)cc1. The van der Waals surface area contributed by atoms with E-state index in [1.807, 2.05) is 12.1 Å². The number of carbonyl (C=O) groups excluding carboxylic acids is 3. The van der Waals surface area contributed by atoms with Crippen LogP contribution in [-0.4, -0.2) is 38.0 Å². The van der Waals surface area contributed by atoms with Crippen LogP contribution in [0.5, 0.6) is 5.75 Å². The summed E-state index contributed by atoms with van der Waals surface area (Å²) in [4.78, 5) is 40.6. The Hall–Kier alpha value is -3.58. The van der Waals surface area contributed by atoms with Gasteiger partial charge >= 0.3 is 11.9 Å². The summed E-state index contributed by atoms with van der Waals surface area (Å²) in [5.41, 5.74) is 3.52. The zero-order valence-corrected chi connectivity index (χ0v) is 22.1. The predicted molar refractivity (Wildman–Crippen MR) is 139 cm³/mol. The summed E-state index contributed by atoms with van der Waals surface area (Å²) in [5.74, 6) is -3.03. The van der Waals surface area contributed by atoms with Gasteiger partial charge in [-0.1, -0.05) is 35.9 Å². The molecule has 0 bridgehead atoms. The minimum Gasteiger partial charge on any atom is -0.497 e. The summed E-state index contributed by atoms with van der Waals surface area (Å²) in [5, 5.41) is 3.83. The number of halogens is 1. The molecular formula is C29H30ClNO6. The first-order chi connectivity index (χ1) is 17.8. The molecule has 0 radical (unpaired) electrons. The van der Waals surface area contributed by atoms with E-state index < -0.39 is 29.7 Å². The van der Waals surface area contributed by atoms with E-state index in [0.29, 0.717) is 45.3 Å². The molecule has 37 heavy (non-hydrogen) atoms. The van der Waals surface area contributed by atoms with Gasteiger partial charge in [-0.05, 0) is 62.6 Å². The topological polar surface area (TPSA) is 90.9 Å². The van der Waals surface area contributed by atoms with Gasteiger partial charge in [-0.3, -0.25) is 9.59 Å². The van der Waals surface area contributed by atoms with E-state index in [9.17, 15) is 14.4 Å². The van der Waals surface area contributed by atoms with Gasteiger partial charge in [0.25, 0.3) is 0 Å². The Morgan fingerprint density at radius 2 is 1.59 bits per heavy atom. The summed E-state index contributed by atoms with van der Waals surface area (Å²) in [6.45, 7) is 5.57. The maximum atomic E-state index is 14.2. The van der Waals surface area contributed by atoms with Crippen LogP contribution < -0.4 is 10.1 Å². The molecule has 1 aliphatic carbocycles. The van der Waals surface area contributed by atoms with Gasteiger partial charge < -0.3 is 19.5 Å². The molecule has 0 saturated carbocycles. The van der Waals surface area contributed by atoms with Gasteiger partial charge in [0.05, 0.1) is 25.9 Å². The van der Waals surface area contributed by atoms with Crippen molar-refractivity contribution in [2.24, 2.45) is 5.92 Å². The van der Waals surface area contributed by atoms with Crippen molar-refractivity contribution in [2.45, 2.75) is 39.0 Å². The molecule has 1 heterocycles.